The Morgan fingerprint density at radius 1 is 1.39 bits per heavy atom. The fourth-order valence-electron chi connectivity index (χ4n) is 2.06. The first-order valence-corrected chi connectivity index (χ1v) is 8.97. The fraction of sp³-hybridized carbons (Fsp3) is 0.154. The zero-order chi connectivity index (χ0) is 16.4. The Bertz CT molecular complexity index is 933. The number of rotatable bonds is 6. The fourth-order valence-corrected chi connectivity index (χ4v) is 3.85. The minimum atomic E-state index is -3.79. The van der Waals surface area contributed by atoms with Crippen molar-refractivity contribution in [3.05, 3.63) is 57.8 Å². The summed E-state index contributed by atoms with van der Waals surface area (Å²) < 4.78 is 28.6. The Hall–Kier alpha value is -2.30. The van der Waals surface area contributed by atoms with E-state index in [1.807, 2.05) is 22.2 Å². The molecule has 3 aromatic rings. The van der Waals surface area contributed by atoms with E-state index < -0.39 is 14.9 Å². The molecule has 2 aromatic heterocycles. The number of hydrogen-bond donors (Lipinski definition) is 1. The lowest BCUT2D eigenvalue weighted by Crippen LogP contribution is -2.26. The van der Waals surface area contributed by atoms with Crippen LogP contribution in [0.4, 0.5) is 5.69 Å². The van der Waals surface area contributed by atoms with Crippen LogP contribution >= 0.6 is 11.3 Å². The molecule has 2 heterocycles. The highest BCUT2D eigenvalue weighted by Gasteiger charge is 2.17. The average Bonchev–Trinajstić information content (AvgIpc) is 3.08. The molecule has 0 fully saturated rings. The third-order valence-corrected chi connectivity index (χ3v) is 5.38. The molecular weight excluding hydrogens is 340 g/mol. The van der Waals surface area contributed by atoms with Gasteiger partial charge in [0, 0.05) is 42.9 Å². The van der Waals surface area contributed by atoms with Crippen molar-refractivity contribution < 1.29 is 13.3 Å². The molecule has 0 spiro atoms. The molecule has 0 saturated heterocycles. The van der Waals surface area contributed by atoms with E-state index in [9.17, 15) is 18.5 Å². The van der Waals surface area contributed by atoms with Gasteiger partial charge in [-0.15, -0.1) is 11.3 Å². The van der Waals surface area contributed by atoms with Gasteiger partial charge >= 0.3 is 0 Å². The smallest absolute Gasteiger partial charge is 0.270 e. The normalized spacial score (nSPS) is 11.8. The van der Waals surface area contributed by atoms with Gasteiger partial charge in [0.1, 0.15) is 0 Å². The monoisotopic (exact) mass is 352 g/mol. The van der Waals surface area contributed by atoms with Gasteiger partial charge < -0.3 is 0 Å². The minimum Gasteiger partial charge on any atom is -0.297 e. The van der Waals surface area contributed by atoms with Crippen LogP contribution in [0.15, 0.2) is 46.9 Å². The summed E-state index contributed by atoms with van der Waals surface area (Å²) in [7, 11) is -3.79. The summed E-state index contributed by atoms with van der Waals surface area (Å²) in [6.45, 7) is 0.163. The lowest BCUT2D eigenvalue weighted by atomic mass is 10.3. The first-order valence-electron chi connectivity index (χ1n) is 6.61. The Morgan fingerprint density at radius 3 is 2.96 bits per heavy atom. The molecular formula is C13H12N4O4S2. The standard InChI is InChI=1S/C13H12N4O4S2/c18-17(19)11-2-1-3-12(8-11)23(20,21)14-5-4-10-9-16-6-7-22-13(16)15-10/h1-3,6-9,14H,4-5H2. The third-order valence-electron chi connectivity index (χ3n) is 3.16. The molecule has 0 saturated carbocycles. The lowest BCUT2D eigenvalue weighted by Gasteiger charge is -2.05. The van der Waals surface area contributed by atoms with Gasteiger partial charge in [-0.05, 0) is 6.07 Å². The third kappa shape index (κ3) is 3.38. The number of fused-ring (bicyclic) bond motifs is 1. The van der Waals surface area contributed by atoms with Gasteiger partial charge in [0.15, 0.2) is 4.96 Å². The number of sulfonamides is 1. The van der Waals surface area contributed by atoms with Crippen LogP contribution in [0.5, 0.6) is 0 Å². The number of thiazole rings is 1. The highest BCUT2D eigenvalue weighted by atomic mass is 32.2. The summed E-state index contributed by atoms with van der Waals surface area (Å²) >= 11 is 1.50. The number of aromatic nitrogens is 2. The van der Waals surface area contributed by atoms with Crippen LogP contribution in [0.3, 0.4) is 0 Å². The maximum Gasteiger partial charge on any atom is 0.270 e. The van der Waals surface area contributed by atoms with Gasteiger partial charge in [-0.3, -0.25) is 14.5 Å². The summed E-state index contributed by atoms with van der Waals surface area (Å²) in [5, 5.41) is 12.6. The molecule has 0 amide bonds. The van der Waals surface area contributed by atoms with E-state index in [2.05, 4.69) is 9.71 Å². The molecule has 1 aromatic carbocycles. The van der Waals surface area contributed by atoms with E-state index in [0.717, 1.165) is 16.7 Å². The number of hydrogen-bond acceptors (Lipinski definition) is 6. The zero-order valence-corrected chi connectivity index (χ0v) is 13.4. The quantitative estimate of drug-likeness (QED) is 0.538. The minimum absolute atomic E-state index is 0.127. The van der Waals surface area contributed by atoms with E-state index in [0.29, 0.717) is 6.42 Å². The number of nitrogens with one attached hydrogen (secondary N) is 1. The van der Waals surface area contributed by atoms with E-state index in [4.69, 9.17) is 0 Å². The van der Waals surface area contributed by atoms with E-state index >= 15 is 0 Å². The van der Waals surface area contributed by atoms with Crippen LogP contribution in [0.25, 0.3) is 4.96 Å². The van der Waals surface area contributed by atoms with Crippen molar-refractivity contribution >= 4 is 32.0 Å². The highest BCUT2D eigenvalue weighted by Crippen LogP contribution is 2.17. The molecule has 3 rings (SSSR count). The number of nitrogens with zero attached hydrogens (tertiary/aromatic N) is 3. The molecule has 0 aliphatic heterocycles. The summed E-state index contributed by atoms with van der Waals surface area (Å²) in [6, 6.07) is 4.95. The van der Waals surface area contributed by atoms with Crippen molar-refractivity contribution in [1.82, 2.24) is 14.1 Å². The molecule has 0 radical (unpaired) electrons. The van der Waals surface area contributed by atoms with Crippen LogP contribution in [0, 0.1) is 10.1 Å². The van der Waals surface area contributed by atoms with Gasteiger partial charge in [-0.2, -0.15) is 0 Å². The second-order valence-electron chi connectivity index (χ2n) is 4.73. The maximum absolute atomic E-state index is 12.2. The second kappa shape index (κ2) is 6.07. The Balaban J connectivity index is 1.67. The molecule has 8 nitrogen and oxygen atoms in total. The number of imidazole rings is 1. The number of nitro benzene ring substituents is 1. The van der Waals surface area contributed by atoms with Crippen LogP contribution < -0.4 is 4.72 Å². The summed E-state index contributed by atoms with van der Waals surface area (Å²) in [5.74, 6) is 0. The molecule has 0 unspecified atom stereocenters. The first-order chi connectivity index (χ1) is 11.0. The first kappa shape index (κ1) is 15.6. The van der Waals surface area contributed by atoms with E-state index in [-0.39, 0.29) is 17.1 Å². The van der Waals surface area contributed by atoms with Gasteiger partial charge in [-0.1, -0.05) is 6.07 Å². The van der Waals surface area contributed by atoms with Crippen molar-refractivity contribution in [1.29, 1.82) is 0 Å². The molecule has 0 bridgehead atoms. The maximum atomic E-state index is 12.2. The predicted molar refractivity (Wildman–Crippen MR) is 85.1 cm³/mol. The van der Waals surface area contributed by atoms with Crippen molar-refractivity contribution in [2.75, 3.05) is 6.54 Å². The highest BCUT2D eigenvalue weighted by molar-refractivity contribution is 7.89. The largest absolute Gasteiger partial charge is 0.297 e. The van der Waals surface area contributed by atoms with Crippen LogP contribution in [0.2, 0.25) is 0 Å². The van der Waals surface area contributed by atoms with Gasteiger partial charge in [-0.25, -0.2) is 18.1 Å². The zero-order valence-electron chi connectivity index (χ0n) is 11.7. The lowest BCUT2D eigenvalue weighted by molar-refractivity contribution is -0.385. The second-order valence-corrected chi connectivity index (χ2v) is 7.37. The van der Waals surface area contributed by atoms with Crippen molar-refractivity contribution in [2.24, 2.45) is 0 Å². The van der Waals surface area contributed by atoms with Crippen LogP contribution in [0.1, 0.15) is 5.69 Å². The molecule has 0 aliphatic carbocycles. The van der Waals surface area contributed by atoms with Crippen molar-refractivity contribution in [3.63, 3.8) is 0 Å². The van der Waals surface area contributed by atoms with Gasteiger partial charge in [0.25, 0.3) is 5.69 Å². The molecule has 1 N–H and O–H groups in total. The number of nitro groups is 1. The van der Waals surface area contributed by atoms with Crippen LogP contribution in [-0.2, 0) is 16.4 Å². The summed E-state index contributed by atoms with van der Waals surface area (Å²) in [6.07, 6.45) is 4.15. The molecule has 120 valence electrons. The Kier molecular flexibility index (Phi) is 4.11. The topological polar surface area (TPSA) is 107 Å². The van der Waals surface area contributed by atoms with Gasteiger partial charge in [0.2, 0.25) is 10.0 Å². The molecule has 23 heavy (non-hydrogen) atoms. The van der Waals surface area contributed by atoms with Crippen molar-refractivity contribution in [3.8, 4) is 0 Å². The predicted octanol–water partition coefficient (Wildman–Crippen LogP) is 1.83. The van der Waals surface area contributed by atoms with Crippen molar-refractivity contribution in [2.45, 2.75) is 11.3 Å². The Morgan fingerprint density at radius 2 is 2.22 bits per heavy atom. The Labute approximate surface area is 135 Å². The number of benzene rings is 1. The molecule has 0 atom stereocenters. The average molecular weight is 352 g/mol. The summed E-state index contributed by atoms with van der Waals surface area (Å²) in [5.41, 5.74) is 0.515. The number of non-ortho nitro benzene ring substituents is 1. The molecule has 10 heteroatoms. The SMILES string of the molecule is O=[N+]([O-])c1cccc(S(=O)(=O)NCCc2cn3ccsc3n2)c1. The van der Waals surface area contributed by atoms with Crippen LogP contribution in [-0.4, -0.2) is 29.3 Å². The van der Waals surface area contributed by atoms with E-state index in [1.165, 1.54) is 29.5 Å². The van der Waals surface area contributed by atoms with Gasteiger partial charge in [0.05, 0.1) is 15.5 Å². The molecule has 0 aliphatic rings. The summed E-state index contributed by atoms with van der Waals surface area (Å²) in [4.78, 5) is 15.2. The van der Waals surface area contributed by atoms with E-state index in [1.54, 1.807) is 0 Å².